The van der Waals surface area contributed by atoms with Crippen LogP contribution in [0, 0.1) is 0 Å². The van der Waals surface area contributed by atoms with Gasteiger partial charge in [-0.15, -0.1) is 5.10 Å². The maximum atomic E-state index is 11.8. The summed E-state index contributed by atoms with van der Waals surface area (Å²) < 4.78 is 25.2. The van der Waals surface area contributed by atoms with Gasteiger partial charge < -0.3 is 5.11 Å². The SMILES string of the molecule is CS(=O)(=O)c1cc(Br)cc(-n2nc3ncccc3c2C(=O)O)c1. The number of fused-ring (bicyclic) bond motifs is 1. The van der Waals surface area contributed by atoms with Crippen LogP contribution in [-0.2, 0) is 9.84 Å². The van der Waals surface area contributed by atoms with Gasteiger partial charge in [0.15, 0.2) is 21.2 Å². The summed E-state index contributed by atoms with van der Waals surface area (Å²) in [5.41, 5.74) is 0.506. The van der Waals surface area contributed by atoms with Gasteiger partial charge in [-0.1, -0.05) is 15.9 Å². The van der Waals surface area contributed by atoms with E-state index in [0.29, 0.717) is 15.5 Å². The van der Waals surface area contributed by atoms with E-state index in [2.05, 4.69) is 26.0 Å². The molecule has 0 saturated heterocycles. The van der Waals surface area contributed by atoms with Crippen LogP contribution in [0.5, 0.6) is 0 Å². The zero-order valence-corrected chi connectivity index (χ0v) is 14.2. The third kappa shape index (κ3) is 2.84. The van der Waals surface area contributed by atoms with Crippen molar-refractivity contribution in [1.29, 1.82) is 0 Å². The van der Waals surface area contributed by atoms with Gasteiger partial charge in [-0.05, 0) is 30.3 Å². The molecular formula is C14H10BrN3O4S. The van der Waals surface area contributed by atoms with Gasteiger partial charge in [-0.25, -0.2) is 22.9 Å². The quantitative estimate of drug-likeness (QED) is 0.729. The van der Waals surface area contributed by atoms with Crippen LogP contribution >= 0.6 is 15.9 Å². The molecule has 0 atom stereocenters. The predicted octanol–water partition coefficient (Wildman–Crippen LogP) is 2.28. The minimum Gasteiger partial charge on any atom is -0.476 e. The molecule has 7 nitrogen and oxygen atoms in total. The van der Waals surface area contributed by atoms with Crippen LogP contribution in [0.25, 0.3) is 16.7 Å². The molecule has 0 aliphatic heterocycles. The van der Waals surface area contributed by atoms with Gasteiger partial charge in [0, 0.05) is 16.9 Å². The zero-order chi connectivity index (χ0) is 16.8. The van der Waals surface area contributed by atoms with Crippen molar-refractivity contribution in [2.24, 2.45) is 0 Å². The molecule has 0 bridgehead atoms. The lowest BCUT2D eigenvalue weighted by Crippen LogP contribution is -2.09. The molecule has 0 radical (unpaired) electrons. The number of sulfone groups is 1. The summed E-state index contributed by atoms with van der Waals surface area (Å²) in [6.07, 6.45) is 2.59. The van der Waals surface area contributed by atoms with Crippen molar-refractivity contribution in [2.75, 3.05) is 6.26 Å². The fourth-order valence-corrected chi connectivity index (χ4v) is 3.51. The van der Waals surface area contributed by atoms with E-state index in [4.69, 9.17) is 0 Å². The molecule has 0 unspecified atom stereocenters. The number of carbonyl (C=O) groups is 1. The molecule has 3 rings (SSSR count). The highest BCUT2D eigenvalue weighted by Crippen LogP contribution is 2.25. The second-order valence-electron chi connectivity index (χ2n) is 4.86. The average molecular weight is 396 g/mol. The first-order valence-corrected chi connectivity index (χ1v) is 9.04. The smallest absolute Gasteiger partial charge is 0.355 e. The molecule has 0 saturated carbocycles. The van der Waals surface area contributed by atoms with Crippen LogP contribution in [0.3, 0.4) is 0 Å². The van der Waals surface area contributed by atoms with Crippen LogP contribution in [0.15, 0.2) is 45.9 Å². The van der Waals surface area contributed by atoms with E-state index >= 15 is 0 Å². The Bertz CT molecular complexity index is 1040. The molecule has 3 aromatic rings. The lowest BCUT2D eigenvalue weighted by Gasteiger charge is -2.07. The lowest BCUT2D eigenvalue weighted by atomic mass is 10.2. The minimum absolute atomic E-state index is 0.0609. The average Bonchev–Trinajstić information content (AvgIpc) is 2.85. The van der Waals surface area contributed by atoms with Crippen molar-refractivity contribution in [3.63, 3.8) is 0 Å². The van der Waals surface area contributed by atoms with Crippen molar-refractivity contribution < 1.29 is 18.3 Å². The summed E-state index contributed by atoms with van der Waals surface area (Å²) in [6, 6.07) is 7.63. The van der Waals surface area contributed by atoms with E-state index < -0.39 is 15.8 Å². The van der Waals surface area contributed by atoms with Crippen molar-refractivity contribution in [3.8, 4) is 5.69 Å². The Labute approximate surface area is 139 Å². The van der Waals surface area contributed by atoms with Crippen LogP contribution in [0.2, 0.25) is 0 Å². The zero-order valence-electron chi connectivity index (χ0n) is 11.8. The van der Waals surface area contributed by atoms with E-state index in [1.807, 2.05) is 0 Å². The van der Waals surface area contributed by atoms with Gasteiger partial charge in [0.2, 0.25) is 0 Å². The second kappa shape index (κ2) is 5.43. The molecule has 0 aliphatic rings. The topological polar surface area (TPSA) is 102 Å². The Kier molecular flexibility index (Phi) is 3.69. The maximum Gasteiger partial charge on any atom is 0.355 e. The Hall–Kier alpha value is -2.26. The Morgan fingerprint density at radius 2 is 2.04 bits per heavy atom. The van der Waals surface area contributed by atoms with Crippen molar-refractivity contribution >= 4 is 42.8 Å². The number of carboxylic acid groups (broad SMARTS) is 1. The molecule has 0 fully saturated rings. The molecule has 1 N–H and O–H groups in total. The van der Waals surface area contributed by atoms with E-state index in [9.17, 15) is 18.3 Å². The number of hydrogen-bond donors (Lipinski definition) is 1. The van der Waals surface area contributed by atoms with Crippen molar-refractivity contribution in [3.05, 3.63) is 46.7 Å². The summed E-state index contributed by atoms with van der Waals surface area (Å²) in [5.74, 6) is -1.18. The molecule has 0 spiro atoms. The second-order valence-corrected chi connectivity index (χ2v) is 7.79. The molecule has 118 valence electrons. The number of nitrogens with zero attached hydrogens (tertiary/aromatic N) is 3. The molecule has 0 aliphatic carbocycles. The first-order chi connectivity index (χ1) is 10.8. The number of pyridine rings is 1. The van der Waals surface area contributed by atoms with E-state index in [1.54, 1.807) is 18.2 Å². The minimum atomic E-state index is -3.45. The molecule has 2 aromatic heterocycles. The van der Waals surface area contributed by atoms with Crippen LogP contribution < -0.4 is 0 Å². The summed E-state index contributed by atoms with van der Waals surface area (Å²) in [6.45, 7) is 0. The standard InChI is InChI=1S/C14H10BrN3O4S/c1-23(21,22)10-6-8(15)5-9(7-10)18-12(14(19)20)11-3-2-4-16-13(11)17-18/h2-7H,1H3,(H,19,20). The van der Waals surface area contributed by atoms with Gasteiger partial charge in [0.05, 0.1) is 16.0 Å². The number of hydrogen-bond acceptors (Lipinski definition) is 5. The Morgan fingerprint density at radius 1 is 1.30 bits per heavy atom. The van der Waals surface area contributed by atoms with Crippen molar-refractivity contribution in [1.82, 2.24) is 14.8 Å². The van der Waals surface area contributed by atoms with Gasteiger partial charge in [-0.3, -0.25) is 0 Å². The lowest BCUT2D eigenvalue weighted by molar-refractivity contribution is 0.0689. The Balaban J connectivity index is 2.35. The number of carboxylic acids is 1. The number of aromatic nitrogens is 3. The van der Waals surface area contributed by atoms with Gasteiger partial charge in [-0.2, -0.15) is 0 Å². The number of rotatable bonds is 3. The normalized spacial score (nSPS) is 11.7. The highest BCUT2D eigenvalue weighted by atomic mass is 79.9. The first-order valence-electron chi connectivity index (χ1n) is 6.35. The fourth-order valence-electron chi connectivity index (χ4n) is 2.20. The summed E-state index contributed by atoms with van der Waals surface area (Å²) in [7, 11) is -3.45. The summed E-state index contributed by atoms with van der Waals surface area (Å²) in [5, 5.41) is 14.0. The largest absolute Gasteiger partial charge is 0.476 e. The summed E-state index contributed by atoms with van der Waals surface area (Å²) in [4.78, 5) is 15.7. The van der Waals surface area contributed by atoms with Crippen LogP contribution in [0.4, 0.5) is 0 Å². The highest BCUT2D eigenvalue weighted by molar-refractivity contribution is 9.10. The predicted molar refractivity (Wildman–Crippen MR) is 86.6 cm³/mol. The van der Waals surface area contributed by atoms with E-state index in [1.165, 1.54) is 23.0 Å². The van der Waals surface area contributed by atoms with Gasteiger partial charge in [0.25, 0.3) is 0 Å². The third-order valence-electron chi connectivity index (χ3n) is 3.18. The molecular weight excluding hydrogens is 386 g/mol. The van der Waals surface area contributed by atoms with Crippen LogP contribution in [-0.4, -0.2) is 40.5 Å². The van der Waals surface area contributed by atoms with Crippen molar-refractivity contribution in [2.45, 2.75) is 4.90 Å². The monoisotopic (exact) mass is 395 g/mol. The number of benzene rings is 1. The third-order valence-corrected chi connectivity index (χ3v) is 4.73. The van der Waals surface area contributed by atoms with Gasteiger partial charge >= 0.3 is 5.97 Å². The highest BCUT2D eigenvalue weighted by Gasteiger charge is 2.20. The number of halogens is 1. The van der Waals surface area contributed by atoms with E-state index in [0.717, 1.165) is 6.26 Å². The van der Waals surface area contributed by atoms with Crippen LogP contribution in [0.1, 0.15) is 10.5 Å². The fraction of sp³-hybridized carbons (Fsp3) is 0.0714. The van der Waals surface area contributed by atoms with Gasteiger partial charge in [0.1, 0.15) is 0 Å². The first kappa shape index (κ1) is 15.6. The summed E-state index contributed by atoms with van der Waals surface area (Å²) >= 11 is 3.24. The molecule has 23 heavy (non-hydrogen) atoms. The Morgan fingerprint density at radius 3 is 2.70 bits per heavy atom. The molecule has 2 heterocycles. The molecule has 1 aromatic carbocycles. The molecule has 0 amide bonds. The number of aromatic carboxylic acids is 1. The molecule has 9 heteroatoms. The van der Waals surface area contributed by atoms with E-state index in [-0.39, 0.29) is 16.2 Å². The maximum absolute atomic E-state index is 11.8.